The first-order chi connectivity index (χ1) is 9.61. The summed E-state index contributed by atoms with van der Waals surface area (Å²) in [5, 5.41) is 13.2. The minimum absolute atomic E-state index is 0.0158. The molecular weight excluding hydrogens is 252 g/mol. The van der Waals surface area contributed by atoms with E-state index in [0.717, 1.165) is 29.4 Å². The van der Waals surface area contributed by atoms with E-state index in [4.69, 9.17) is 0 Å². The molecule has 0 fully saturated rings. The van der Waals surface area contributed by atoms with E-state index in [1.807, 2.05) is 35.0 Å². The topological polar surface area (TPSA) is 54.3 Å². The molecule has 2 rings (SSSR count). The van der Waals surface area contributed by atoms with Gasteiger partial charge in [-0.2, -0.15) is 0 Å². The standard InChI is InChI=1S/C16H22N2O2/c1-12(2)6-8-17-16(20)10-18-9-7-14-13(11-19)4-3-5-15(14)18/h3-5,7,9,12,19H,6,8,10-11H2,1-2H3,(H,17,20). The van der Waals surface area contributed by atoms with Crippen molar-refractivity contribution in [1.29, 1.82) is 0 Å². The highest BCUT2D eigenvalue weighted by Gasteiger charge is 2.08. The largest absolute Gasteiger partial charge is 0.392 e. The Kier molecular flexibility index (Phi) is 4.79. The molecule has 4 heteroatoms. The Hall–Kier alpha value is -1.81. The van der Waals surface area contributed by atoms with Gasteiger partial charge in [-0.1, -0.05) is 26.0 Å². The highest BCUT2D eigenvalue weighted by molar-refractivity contribution is 5.85. The zero-order valence-corrected chi connectivity index (χ0v) is 12.1. The van der Waals surface area contributed by atoms with Gasteiger partial charge in [-0.05, 0) is 30.0 Å². The Bertz CT molecular complexity index is 587. The number of carbonyl (C=O) groups is 1. The number of rotatable bonds is 6. The number of hydrogen-bond donors (Lipinski definition) is 2. The summed E-state index contributed by atoms with van der Waals surface area (Å²) in [7, 11) is 0. The number of hydrogen-bond acceptors (Lipinski definition) is 2. The van der Waals surface area contributed by atoms with Gasteiger partial charge in [0, 0.05) is 23.6 Å². The predicted molar refractivity (Wildman–Crippen MR) is 80.3 cm³/mol. The number of nitrogens with one attached hydrogen (secondary N) is 1. The summed E-state index contributed by atoms with van der Waals surface area (Å²) in [6, 6.07) is 7.72. The zero-order chi connectivity index (χ0) is 14.5. The maximum Gasteiger partial charge on any atom is 0.239 e. The van der Waals surface area contributed by atoms with E-state index in [2.05, 4.69) is 19.2 Å². The fourth-order valence-electron chi connectivity index (χ4n) is 2.27. The van der Waals surface area contributed by atoms with Crippen molar-refractivity contribution in [1.82, 2.24) is 9.88 Å². The first-order valence-corrected chi connectivity index (χ1v) is 7.06. The Morgan fingerprint density at radius 3 is 2.85 bits per heavy atom. The number of aliphatic hydroxyl groups is 1. The molecule has 0 saturated heterocycles. The number of nitrogens with zero attached hydrogens (tertiary/aromatic N) is 1. The summed E-state index contributed by atoms with van der Waals surface area (Å²) < 4.78 is 1.92. The minimum Gasteiger partial charge on any atom is -0.392 e. The third kappa shape index (κ3) is 3.39. The Morgan fingerprint density at radius 1 is 1.35 bits per heavy atom. The van der Waals surface area contributed by atoms with E-state index < -0.39 is 0 Å². The van der Waals surface area contributed by atoms with Crippen LogP contribution in [0.2, 0.25) is 0 Å². The molecule has 0 aliphatic rings. The molecule has 1 heterocycles. The van der Waals surface area contributed by atoms with Crippen LogP contribution in [-0.4, -0.2) is 22.1 Å². The van der Waals surface area contributed by atoms with Crippen molar-refractivity contribution in [3.8, 4) is 0 Å². The van der Waals surface area contributed by atoms with E-state index in [1.54, 1.807) is 0 Å². The molecule has 0 saturated carbocycles. The lowest BCUT2D eigenvalue weighted by atomic mass is 10.1. The molecule has 0 aliphatic carbocycles. The second-order valence-corrected chi connectivity index (χ2v) is 5.48. The molecular formula is C16H22N2O2. The van der Waals surface area contributed by atoms with Crippen LogP contribution in [0.1, 0.15) is 25.8 Å². The summed E-state index contributed by atoms with van der Waals surface area (Å²) in [5.74, 6) is 0.618. The highest BCUT2D eigenvalue weighted by Crippen LogP contribution is 2.20. The number of aliphatic hydroxyl groups excluding tert-OH is 1. The number of amides is 1. The summed E-state index contributed by atoms with van der Waals surface area (Å²) in [5.41, 5.74) is 1.87. The summed E-state index contributed by atoms with van der Waals surface area (Å²) in [6.07, 6.45) is 2.89. The lowest BCUT2D eigenvalue weighted by Gasteiger charge is -2.09. The maximum atomic E-state index is 11.9. The lowest BCUT2D eigenvalue weighted by Crippen LogP contribution is -2.28. The smallest absolute Gasteiger partial charge is 0.239 e. The van der Waals surface area contributed by atoms with E-state index >= 15 is 0 Å². The van der Waals surface area contributed by atoms with Crippen LogP contribution >= 0.6 is 0 Å². The molecule has 0 aliphatic heterocycles. The van der Waals surface area contributed by atoms with Crippen molar-refractivity contribution >= 4 is 16.8 Å². The molecule has 20 heavy (non-hydrogen) atoms. The van der Waals surface area contributed by atoms with Crippen LogP contribution in [0.3, 0.4) is 0 Å². The van der Waals surface area contributed by atoms with Gasteiger partial charge in [-0.15, -0.1) is 0 Å². The van der Waals surface area contributed by atoms with Gasteiger partial charge in [0.2, 0.25) is 5.91 Å². The van der Waals surface area contributed by atoms with Crippen LogP contribution in [0.4, 0.5) is 0 Å². The van der Waals surface area contributed by atoms with Crippen molar-refractivity contribution in [2.24, 2.45) is 5.92 Å². The quantitative estimate of drug-likeness (QED) is 0.849. The van der Waals surface area contributed by atoms with Crippen LogP contribution in [0.15, 0.2) is 30.5 Å². The van der Waals surface area contributed by atoms with Crippen molar-refractivity contribution in [2.45, 2.75) is 33.4 Å². The fraction of sp³-hybridized carbons (Fsp3) is 0.438. The van der Waals surface area contributed by atoms with E-state index in [9.17, 15) is 9.90 Å². The third-order valence-corrected chi connectivity index (χ3v) is 3.43. The average Bonchev–Trinajstić information content (AvgIpc) is 2.81. The van der Waals surface area contributed by atoms with Crippen LogP contribution in [0.5, 0.6) is 0 Å². The second kappa shape index (κ2) is 6.57. The first-order valence-electron chi connectivity index (χ1n) is 7.06. The van der Waals surface area contributed by atoms with Crippen LogP contribution in [0.25, 0.3) is 10.9 Å². The van der Waals surface area contributed by atoms with Crippen molar-refractivity contribution in [2.75, 3.05) is 6.54 Å². The molecule has 0 spiro atoms. The van der Waals surface area contributed by atoms with Crippen LogP contribution < -0.4 is 5.32 Å². The molecule has 0 bridgehead atoms. The highest BCUT2D eigenvalue weighted by atomic mass is 16.3. The minimum atomic E-state index is 0.0158. The van der Waals surface area contributed by atoms with Gasteiger partial charge < -0.3 is 15.0 Å². The molecule has 1 aromatic carbocycles. The summed E-state index contributed by atoms with van der Waals surface area (Å²) >= 11 is 0. The maximum absolute atomic E-state index is 11.9. The molecule has 2 aromatic rings. The second-order valence-electron chi connectivity index (χ2n) is 5.48. The number of fused-ring (bicyclic) bond motifs is 1. The molecule has 108 valence electrons. The number of benzene rings is 1. The Labute approximate surface area is 119 Å². The summed E-state index contributed by atoms with van der Waals surface area (Å²) in [4.78, 5) is 11.9. The van der Waals surface area contributed by atoms with Crippen LogP contribution in [-0.2, 0) is 17.9 Å². The van der Waals surface area contributed by atoms with Crippen molar-refractivity contribution in [3.05, 3.63) is 36.0 Å². The number of carbonyl (C=O) groups excluding carboxylic acids is 1. The Morgan fingerprint density at radius 2 is 2.15 bits per heavy atom. The van der Waals surface area contributed by atoms with Crippen molar-refractivity contribution in [3.63, 3.8) is 0 Å². The number of aromatic nitrogens is 1. The van der Waals surface area contributed by atoms with Gasteiger partial charge in [0.1, 0.15) is 6.54 Å². The first kappa shape index (κ1) is 14.6. The van der Waals surface area contributed by atoms with E-state index in [-0.39, 0.29) is 12.5 Å². The fourth-order valence-corrected chi connectivity index (χ4v) is 2.27. The van der Waals surface area contributed by atoms with Crippen LogP contribution in [0, 0.1) is 5.92 Å². The van der Waals surface area contributed by atoms with Crippen molar-refractivity contribution < 1.29 is 9.90 Å². The van der Waals surface area contributed by atoms with E-state index in [0.29, 0.717) is 12.5 Å². The third-order valence-electron chi connectivity index (χ3n) is 3.43. The molecule has 1 aromatic heterocycles. The molecule has 0 atom stereocenters. The monoisotopic (exact) mass is 274 g/mol. The van der Waals surface area contributed by atoms with Gasteiger partial charge in [0.25, 0.3) is 0 Å². The Balaban J connectivity index is 2.05. The normalized spacial score (nSPS) is 11.2. The average molecular weight is 274 g/mol. The molecule has 1 amide bonds. The molecule has 0 radical (unpaired) electrons. The molecule has 0 unspecified atom stereocenters. The van der Waals surface area contributed by atoms with Gasteiger partial charge >= 0.3 is 0 Å². The lowest BCUT2D eigenvalue weighted by molar-refractivity contribution is -0.121. The predicted octanol–water partition coefficient (Wildman–Crippen LogP) is 2.30. The van der Waals surface area contributed by atoms with E-state index in [1.165, 1.54) is 0 Å². The summed E-state index contributed by atoms with van der Waals surface area (Å²) in [6.45, 7) is 5.33. The van der Waals surface area contributed by atoms with Gasteiger partial charge in [-0.25, -0.2) is 0 Å². The zero-order valence-electron chi connectivity index (χ0n) is 12.1. The molecule has 4 nitrogen and oxygen atoms in total. The van der Waals surface area contributed by atoms with Gasteiger partial charge in [-0.3, -0.25) is 4.79 Å². The SMILES string of the molecule is CC(C)CCNC(=O)Cn1ccc2c(CO)cccc21. The van der Waals surface area contributed by atoms with Gasteiger partial charge in [0.15, 0.2) is 0 Å². The van der Waals surface area contributed by atoms with Gasteiger partial charge in [0.05, 0.1) is 6.61 Å². The molecule has 2 N–H and O–H groups in total.